The van der Waals surface area contributed by atoms with E-state index in [1.807, 2.05) is 30.3 Å². The minimum atomic E-state index is -0.646. The Morgan fingerprint density at radius 1 is 1.38 bits per heavy atom. The van der Waals surface area contributed by atoms with Crippen molar-refractivity contribution in [3.05, 3.63) is 35.9 Å². The van der Waals surface area contributed by atoms with Crippen molar-refractivity contribution < 1.29 is 9.90 Å². The second-order valence-electron chi connectivity index (χ2n) is 3.26. The molecule has 1 aromatic rings. The molecule has 5 heteroatoms. The molecular weight excluding hydrogens is 228 g/mol. The summed E-state index contributed by atoms with van der Waals surface area (Å²) in [5, 5.41) is 15.1. The molecule has 0 aromatic heterocycles. The number of hydrogen-bond donors (Lipinski definition) is 3. The molecule has 1 aromatic carbocycles. The highest BCUT2D eigenvalue weighted by Crippen LogP contribution is 2.10. The topological polar surface area (TPSA) is 61.4 Å². The fourth-order valence-electron chi connectivity index (χ4n) is 1.23. The van der Waals surface area contributed by atoms with Gasteiger partial charge in [-0.2, -0.15) is 0 Å². The van der Waals surface area contributed by atoms with Crippen LogP contribution in [0.25, 0.3) is 0 Å². The van der Waals surface area contributed by atoms with Gasteiger partial charge in [-0.15, -0.1) is 12.4 Å². The number of nitrogens with one attached hydrogen (secondary N) is 2. The number of halogens is 1. The van der Waals surface area contributed by atoms with Gasteiger partial charge >= 0.3 is 0 Å². The van der Waals surface area contributed by atoms with Crippen LogP contribution in [0.3, 0.4) is 0 Å². The van der Waals surface area contributed by atoms with Crippen LogP contribution in [0.4, 0.5) is 0 Å². The van der Waals surface area contributed by atoms with Gasteiger partial charge in [-0.25, -0.2) is 0 Å². The average Bonchev–Trinajstić information content (AvgIpc) is 2.27. The predicted octanol–water partition coefficient (Wildman–Crippen LogP) is 0.477. The monoisotopic (exact) mass is 244 g/mol. The van der Waals surface area contributed by atoms with E-state index in [2.05, 4.69) is 10.6 Å². The Hall–Kier alpha value is -1.10. The molecule has 0 heterocycles. The zero-order chi connectivity index (χ0) is 11.1. The molecular formula is C11H17ClN2O2. The van der Waals surface area contributed by atoms with Crippen LogP contribution in [0.5, 0.6) is 0 Å². The summed E-state index contributed by atoms with van der Waals surface area (Å²) in [4.78, 5) is 11.1. The van der Waals surface area contributed by atoms with E-state index in [0.29, 0.717) is 0 Å². The smallest absolute Gasteiger partial charge is 0.234 e. The highest BCUT2D eigenvalue weighted by Gasteiger charge is 2.07. The van der Waals surface area contributed by atoms with E-state index in [9.17, 15) is 9.90 Å². The summed E-state index contributed by atoms with van der Waals surface area (Å²) in [7, 11) is 1.70. The van der Waals surface area contributed by atoms with E-state index in [4.69, 9.17) is 0 Å². The summed E-state index contributed by atoms with van der Waals surface area (Å²) in [5.74, 6) is -0.118. The fourth-order valence-corrected chi connectivity index (χ4v) is 1.23. The molecule has 0 saturated carbocycles. The molecule has 0 bridgehead atoms. The Labute approximate surface area is 101 Å². The van der Waals surface area contributed by atoms with Crippen molar-refractivity contribution in [1.82, 2.24) is 10.6 Å². The van der Waals surface area contributed by atoms with Crippen LogP contribution in [0, 0.1) is 0 Å². The Bertz CT molecular complexity index is 306. The number of rotatable bonds is 5. The molecule has 16 heavy (non-hydrogen) atoms. The first-order valence-corrected chi connectivity index (χ1v) is 4.88. The molecule has 1 unspecified atom stereocenters. The zero-order valence-electron chi connectivity index (χ0n) is 9.14. The van der Waals surface area contributed by atoms with E-state index in [1.54, 1.807) is 7.05 Å². The summed E-state index contributed by atoms with van der Waals surface area (Å²) in [6.45, 7) is 0.506. The van der Waals surface area contributed by atoms with E-state index < -0.39 is 6.10 Å². The number of hydrogen-bond acceptors (Lipinski definition) is 3. The molecule has 0 saturated heterocycles. The summed E-state index contributed by atoms with van der Waals surface area (Å²) in [6, 6.07) is 9.25. The van der Waals surface area contributed by atoms with Crippen LogP contribution in [0.15, 0.2) is 30.3 Å². The second kappa shape index (κ2) is 8.10. The lowest BCUT2D eigenvalue weighted by molar-refractivity contribution is -0.120. The van der Waals surface area contributed by atoms with Crippen molar-refractivity contribution in [2.45, 2.75) is 6.10 Å². The van der Waals surface area contributed by atoms with Crippen molar-refractivity contribution in [2.75, 3.05) is 20.1 Å². The highest BCUT2D eigenvalue weighted by atomic mass is 35.5. The molecule has 0 aliphatic heterocycles. The van der Waals surface area contributed by atoms with E-state index >= 15 is 0 Å². The van der Waals surface area contributed by atoms with Gasteiger partial charge < -0.3 is 15.7 Å². The normalized spacial score (nSPS) is 11.4. The lowest BCUT2D eigenvalue weighted by atomic mass is 10.1. The summed E-state index contributed by atoms with van der Waals surface area (Å²) in [5.41, 5.74) is 0.808. The number of carbonyl (C=O) groups excluding carboxylic acids is 1. The number of amides is 1. The number of benzene rings is 1. The van der Waals surface area contributed by atoms with Gasteiger partial charge in [0.2, 0.25) is 5.91 Å². The second-order valence-corrected chi connectivity index (χ2v) is 3.26. The number of aliphatic hydroxyl groups is 1. The van der Waals surface area contributed by atoms with Crippen molar-refractivity contribution >= 4 is 18.3 Å². The SMILES string of the molecule is CNCC(=O)NCC(O)c1ccccc1.Cl. The van der Waals surface area contributed by atoms with Crippen molar-refractivity contribution in [1.29, 1.82) is 0 Å². The fraction of sp³-hybridized carbons (Fsp3) is 0.364. The van der Waals surface area contributed by atoms with Gasteiger partial charge in [0.25, 0.3) is 0 Å². The minimum absolute atomic E-state index is 0. The van der Waals surface area contributed by atoms with Gasteiger partial charge in [0, 0.05) is 6.54 Å². The summed E-state index contributed by atoms with van der Waals surface area (Å²) < 4.78 is 0. The molecule has 0 aliphatic rings. The van der Waals surface area contributed by atoms with Crippen molar-refractivity contribution in [3.63, 3.8) is 0 Å². The number of carbonyl (C=O) groups is 1. The molecule has 0 radical (unpaired) electrons. The average molecular weight is 245 g/mol. The van der Waals surface area contributed by atoms with Gasteiger partial charge in [-0.3, -0.25) is 4.79 Å². The quantitative estimate of drug-likeness (QED) is 0.706. The largest absolute Gasteiger partial charge is 0.387 e. The molecule has 0 fully saturated rings. The predicted molar refractivity (Wildman–Crippen MR) is 65.6 cm³/mol. The third-order valence-electron chi connectivity index (χ3n) is 2.01. The van der Waals surface area contributed by atoms with Gasteiger partial charge in [-0.1, -0.05) is 30.3 Å². The summed E-state index contributed by atoms with van der Waals surface area (Å²) in [6.07, 6.45) is -0.646. The van der Waals surface area contributed by atoms with E-state index in [0.717, 1.165) is 5.56 Å². The van der Waals surface area contributed by atoms with Gasteiger partial charge in [0.05, 0.1) is 12.6 Å². The molecule has 4 nitrogen and oxygen atoms in total. The third-order valence-corrected chi connectivity index (χ3v) is 2.01. The lowest BCUT2D eigenvalue weighted by Crippen LogP contribution is -2.34. The maximum absolute atomic E-state index is 11.1. The Balaban J connectivity index is 0.00000225. The third kappa shape index (κ3) is 5.11. The van der Waals surface area contributed by atoms with Crippen LogP contribution in [-0.4, -0.2) is 31.2 Å². The summed E-state index contributed by atoms with van der Waals surface area (Å²) >= 11 is 0. The first kappa shape index (κ1) is 14.9. The van der Waals surface area contributed by atoms with Gasteiger partial charge in [-0.05, 0) is 12.6 Å². The van der Waals surface area contributed by atoms with Crippen LogP contribution in [-0.2, 0) is 4.79 Å². The first-order chi connectivity index (χ1) is 7.24. The molecule has 1 amide bonds. The van der Waals surface area contributed by atoms with E-state index in [-0.39, 0.29) is 31.4 Å². The Morgan fingerprint density at radius 2 is 2.00 bits per heavy atom. The van der Waals surface area contributed by atoms with Crippen LogP contribution < -0.4 is 10.6 Å². The molecule has 0 aliphatic carbocycles. The van der Waals surface area contributed by atoms with Crippen LogP contribution in [0.1, 0.15) is 11.7 Å². The van der Waals surface area contributed by atoms with Gasteiger partial charge in [0.1, 0.15) is 0 Å². The molecule has 90 valence electrons. The molecule has 0 spiro atoms. The van der Waals surface area contributed by atoms with Gasteiger partial charge in [0.15, 0.2) is 0 Å². The highest BCUT2D eigenvalue weighted by molar-refractivity contribution is 5.85. The first-order valence-electron chi connectivity index (χ1n) is 4.88. The Morgan fingerprint density at radius 3 is 2.56 bits per heavy atom. The van der Waals surface area contributed by atoms with E-state index in [1.165, 1.54) is 0 Å². The van der Waals surface area contributed by atoms with Crippen LogP contribution >= 0.6 is 12.4 Å². The van der Waals surface area contributed by atoms with Crippen molar-refractivity contribution in [2.24, 2.45) is 0 Å². The number of likely N-dealkylation sites (N-methyl/N-ethyl adjacent to an activating group) is 1. The van der Waals surface area contributed by atoms with Crippen LogP contribution in [0.2, 0.25) is 0 Å². The zero-order valence-corrected chi connectivity index (χ0v) is 9.96. The molecule has 1 atom stereocenters. The molecule has 3 N–H and O–H groups in total. The van der Waals surface area contributed by atoms with Crippen molar-refractivity contribution in [3.8, 4) is 0 Å². The maximum atomic E-state index is 11.1. The number of aliphatic hydroxyl groups excluding tert-OH is 1. The molecule has 1 rings (SSSR count). The Kier molecular flexibility index (Phi) is 7.54. The maximum Gasteiger partial charge on any atom is 0.234 e. The standard InChI is InChI=1S/C11H16N2O2.ClH/c1-12-8-11(15)13-7-10(14)9-5-3-2-4-6-9;/h2-6,10,12,14H,7-8H2,1H3,(H,13,15);1H. The lowest BCUT2D eigenvalue weighted by Gasteiger charge is -2.11. The minimum Gasteiger partial charge on any atom is -0.387 e.